The SMILES string of the molecule is CCC(C)=O.O=C(Cc1ccccc1)c1ccc(O)cc1.O=C(Cc1ccccc1)c1ccc(OCCOCc2ccccc2)cc1. The van der Waals surface area contributed by atoms with Gasteiger partial charge in [-0.15, -0.1) is 0 Å². The van der Waals surface area contributed by atoms with Crippen molar-refractivity contribution in [2.75, 3.05) is 13.2 Å². The summed E-state index contributed by atoms with van der Waals surface area (Å²) in [6, 6.07) is 43.0. The van der Waals surface area contributed by atoms with Gasteiger partial charge in [-0.25, -0.2) is 0 Å². The quantitative estimate of drug-likeness (QED) is 0.104. The third-order valence-electron chi connectivity index (χ3n) is 6.89. The fourth-order valence-corrected chi connectivity index (χ4v) is 4.13. The monoisotopic (exact) mass is 630 g/mol. The van der Waals surface area contributed by atoms with Crippen molar-refractivity contribution in [2.45, 2.75) is 39.7 Å². The highest BCUT2D eigenvalue weighted by atomic mass is 16.5. The van der Waals surface area contributed by atoms with Crippen LogP contribution < -0.4 is 4.74 Å². The van der Waals surface area contributed by atoms with Crippen molar-refractivity contribution in [1.29, 1.82) is 0 Å². The van der Waals surface area contributed by atoms with E-state index in [2.05, 4.69) is 0 Å². The Balaban J connectivity index is 0.000000242. The van der Waals surface area contributed by atoms with Gasteiger partial charge in [0.25, 0.3) is 0 Å². The molecular weight excluding hydrogens is 588 g/mol. The molecule has 0 aliphatic rings. The fraction of sp³-hybridized carbons (Fsp3) is 0.195. The molecule has 0 aliphatic heterocycles. The second kappa shape index (κ2) is 20.7. The standard InChI is InChI=1S/C23H22O3.C14H12O2.C4H8O/c24-23(17-19-7-3-1-4-8-19)21-11-13-22(14-12-21)26-16-15-25-18-20-9-5-2-6-10-20;15-13-8-6-12(7-9-13)14(16)10-11-4-2-1-3-5-11;1-3-4(2)5/h1-14H,15-18H2;1-9,15H,10H2;3H2,1-2H3. The van der Waals surface area contributed by atoms with Gasteiger partial charge in [0.15, 0.2) is 11.6 Å². The Bertz CT molecular complexity index is 1620. The van der Waals surface area contributed by atoms with Crippen LogP contribution in [-0.2, 0) is 29.0 Å². The summed E-state index contributed by atoms with van der Waals surface area (Å²) in [5.41, 5.74) is 4.49. The first-order valence-corrected chi connectivity index (χ1v) is 15.6. The number of phenols is 1. The van der Waals surface area contributed by atoms with Gasteiger partial charge in [-0.2, -0.15) is 0 Å². The summed E-state index contributed by atoms with van der Waals surface area (Å²) in [6.07, 6.45) is 1.47. The number of ether oxygens (including phenoxy) is 2. The average molecular weight is 631 g/mol. The Hall–Kier alpha value is -5.33. The maximum atomic E-state index is 12.3. The molecule has 0 aliphatic carbocycles. The molecule has 0 bridgehead atoms. The van der Waals surface area contributed by atoms with Gasteiger partial charge in [-0.1, -0.05) is 97.9 Å². The third kappa shape index (κ3) is 14.5. The first-order chi connectivity index (χ1) is 22.8. The fourth-order valence-electron chi connectivity index (χ4n) is 4.13. The zero-order chi connectivity index (χ0) is 33.7. The number of hydrogen-bond donors (Lipinski definition) is 1. The van der Waals surface area contributed by atoms with Crippen molar-refractivity contribution in [3.63, 3.8) is 0 Å². The van der Waals surface area contributed by atoms with E-state index >= 15 is 0 Å². The van der Waals surface area contributed by atoms with E-state index in [-0.39, 0.29) is 23.1 Å². The summed E-state index contributed by atoms with van der Waals surface area (Å²) >= 11 is 0. The van der Waals surface area contributed by atoms with Gasteiger partial charge < -0.3 is 19.4 Å². The molecule has 0 unspecified atom stereocenters. The molecule has 6 heteroatoms. The lowest BCUT2D eigenvalue weighted by atomic mass is 10.0. The molecule has 0 aromatic heterocycles. The molecule has 0 heterocycles. The molecule has 0 atom stereocenters. The summed E-state index contributed by atoms with van der Waals surface area (Å²) in [4.78, 5) is 34.0. The Labute approximate surface area is 277 Å². The minimum absolute atomic E-state index is 0.0613. The van der Waals surface area contributed by atoms with Crippen molar-refractivity contribution in [3.05, 3.63) is 167 Å². The normalized spacial score (nSPS) is 10.0. The molecule has 1 N–H and O–H groups in total. The van der Waals surface area contributed by atoms with E-state index in [1.807, 2.05) is 122 Å². The van der Waals surface area contributed by atoms with Crippen molar-refractivity contribution in [1.82, 2.24) is 0 Å². The number of rotatable bonds is 13. The first kappa shape index (κ1) is 36.1. The van der Waals surface area contributed by atoms with Gasteiger partial charge >= 0.3 is 0 Å². The van der Waals surface area contributed by atoms with Crippen molar-refractivity contribution in [3.8, 4) is 11.5 Å². The van der Waals surface area contributed by atoms with Crippen molar-refractivity contribution < 1.29 is 29.0 Å². The zero-order valence-corrected chi connectivity index (χ0v) is 27.0. The van der Waals surface area contributed by atoms with Crippen LogP contribution in [0.2, 0.25) is 0 Å². The molecule has 0 spiro atoms. The van der Waals surface area contributed by atoms with Gasteiger partial charge in [0.1, 0.15) is 23.9 Å². The van der Waals surface area contributed by atoms with E-state index in [4.69, 9.17) is 14.6 Å². The highest BCUT2D eigenvalue weighted by molar-refractivity contribution is 5.98. The molecule has 0 radical (unpaired) electrons. The van der Waals surface area contributed by atoms with Gasteiger partial charge in [0.05, 0.1) is 13.2 Å². The van der Waals surface area contributed by atoms with Crippen LogP contribution in [0, 0.1) is 0 Å². The maximum absolute atomic E-state index is 12.3. The van der Waals surface area contributed by atoms with Gasteiger partial charge in [-0.05, 0) is 72.1 Å². The topological polar surface area (TPSA) is 89.9 Å². The number of ketones is 3. The summed E-state index contributed by atoms with van der Waals surface area (Å²) in [7, 11) is 0. The molecule has 0 amide bonds. The number of phenolic OH excluding ortho intramolecular Hbond substituents is 1. The number of aromatic hydroxyl groups is 1. The number of hydrogen-bond acceptors (Lipinski definition) is 6. The molecule has 242 valence electrons. The summed E-state index contributed by atoms with van der Waals surface area (Å²) in [6.45, 7) is 5.01. The van der Waals surface area contributed by atoms with Crippen LogP contribution >= 0.6 is 0 Å². The number of carbonyl (C=O) groups is 3. The molecule has 5 aromatic rings. The van der Waals surface area contributed by atoms with Crippen LogP contribution in [-0.4, -0.2) is 35.7 Å². The lowest BCUT2D eigenvalue weighted by molar-refractivity contribution is -0.116. The van der Waals surface area contributed by atoms with E-state index in [1.165, 1.54) is 12.1 Å². The number of Topliss-reactive ketones (excluding diaryl/α,β-unsaturated/α-hetero) is 3. The van der Waals surface area contributed by atoms with Gasteiger partial charge in [0, 0.05) is 30.4 Å². The Kier molecular flexibility index (Phi) is 15.9. The summed E-state index contributed by atoms with van der Waals surface area (Å²) in [5.74, 6) is 1.34. The second-order valence-electron chi connectivity index (χ2n) is 10.7. The van der Waals surface area contributed by atoms with Gasteiger partial charge in [-0.3, -0.25) is 9.59 Å². The Morgan fingerprint density at radius 2 is 0.957 bits per heavy atom. The Morgan fingerprint density at radius 3 is 1.38 bits per heavy atom. The van der Waals surface area contributed by atoms with E-state index in [0.29, 0.717) is 50.2 Å². The minimum atomic E-state index is 0.0613. The van der Waals surface area contributed by atoms with E-state index in [1.54, 1.807) is 19.1 Å². The molecule has 0 saturated carbocycles. The molecular formula is C41H42O6. The number of carbonyl (C=O) groups excluding carboxylic acids is 3. The van der Waals surface area contributed by atoms with E-state index in [9.17, 15) is 14.4 Å². The van der Waals surface area contributed by atoms with Crippen molar-refractivity contribution >= 4 is 17.3 Å². The van der Waals surface area contributed by atoms with Crippen molar-refractivity contribution in [2.24, 2.45) is 0 Å². The first-order valence-electron chi connectivity index (χ1n) is 15.6. The van der Waals surface area contributed by atoms with E-state index in [0.717, 1.165) is 22.4 Å². The summed E-state index contributed by atoms with van der Waals surface area (Å²) in [5, 5.41) is 9.12. The highest BCUT2D eigenvalue weighted by Crippen LogP contribution is 2.15. The summed E-state index contributed by atoms with van der Waals surface area (Å²) < 4.78 is 11.3. The van der Waals surface area contributed by atoms with Crippen LogP contribution in [0.25, 0.3) is 0 Å². The van der Waals surface area contributed by atoms with Gasteiger partial charge in [0.2, 0.25) is 0 Å². The number of benzene rings is 5. The molecule has 5 aromatic carbocycles. The Morgan fingerprint density at radius 1 is 0.553 bits per heavy atom. The lowest BCUT2D eigenvalue weighted by Gasteiger charge is -2.08. The van der Waals surface area contributed by atoms with E-state index < -0.39 is 0 Å². The lowest BCUT2D eigenvalue weighted by Crippen LogP contribution is -2.07. The maximum Gasteiger partial charge on any atom is 0.167 e. The van der Waals surface area contributed by atoms with Crippen LogP contribution in [0.5, 0.6) is 11.5 Å². The molecule has 6 nitrogen and oxygen atoms in total. The predicted molar refractivity (Wildman–Crippen MR) is 186 cm³/mol. The minimum Gasteiger partial charge on any atom is -0.508 e. The van der Waals surface area contributed by atoms with Crippen LogP contribution in [0.4, 0.5) is 0 Å². The highest BCUT2D eigenvalue weighted by Gasteiger charge is 2.08. The second-order valence-corrected chi connectivity index (χ2v) is 10.7. The zero-order valence-electron chi connectivity index (χ0n) is 27.0. The third-order valence-corrected chi connectivity index (χ3v) is 6.89. The predicted octanol–water partition coefficient (Wildman–Crippen LogP) is 8.51. The molecule has 47 heavy (non-hydrogen) atoms. The van der Waals surface area contributed by atoms with Crippen LogP contribution in [0.1, 0.15) is 57.7 Å². The molecule has 0 saturated heterocycles. The molecule has 5 rings (SSSR count). The molecule has 0 fully saturated rings. The largest absolute Gasteiger partial charge is 0.508 e. The smallest absolute Gasteiger partial charge is 0.167 e. The average Bonchev–Trinajstić information content (AvgIpc) is 3.10. The van der Waals surface area contributed by atoms with Crippen LogP contribution in [0.15, 0.2) is 140 Å². The van der Waals surface area contributed by atoms with Crippen LogP contribution in [0.3, 0.4) is 0 Å².